The molecule has 0 aliphatic carbocycles. The molecule has 1 saturated heterocycles. The van der Waals surface area contributed by atoms with Gasteiger partial charge in [0.25, 0.3) is 5.91 Å². The van der Waals surface area contributed by atoms with Crippen molar-refractivity contribution in [1.29, 1.82) is 0 Å². The minimum absolute atomic E-state index is 0.0338. The van der Waals surface area contributed by atoms with Crippen molar-refractivity contribution in [2.24, 2.45) is 0 Å². The van der Waals surface area contributed by atoms with E-state index in [-0.39, 0.29) is 30.5 Å². The number of anilines is 1. The van der Waals surface area contributed by atoms with E-state index in [1.54, 1.807) is 36.4 Å². The summed E-state index contributed by atoms with van der Waals surface area (Å²) in [5.74, 6) is -0.0908. The number of aromatic hydroxyl groups is 1. The molecule has 0 saturated carbocycles. The molecule has 0 aromatic heterocycles. The largest absolute Gasteiger partial charge is 0.508 e. The first-order chi connectivity index (χ1) is 20.4. The molecule has 1 fully saturated rings. The number of rotatable bonds is 10. The van der Waals surface area contributed by atoms with E-state index in [1.807, 2.05) is 78.7 Å². The van der Waals surface area contributed by atoms with Crippen LogP contribution < -0.4 is 5.32 Å². The van der Waals surface area contributed by atoms with Gasteiger partial charge in [0.1, 0.15) is 5.75 Å². The highest BCUT2D eigenvalue weighted by Gasteiger charge is 2.33. The Hall–Kier alpha value is -4.05. The summed E-state index contributed by atoms with van der Waals surface area (Å²) >= 11 is 0. The molecule has 0 unspecified atom stereocenters. The SMILES string of the molecule is CN(C[C@H]1C[C@@H](c2ccc(CO)cc2)O[C@@H](c2cccc(NC(=O)c3ccccc3)c2)O1)C[C@@H](O)c1cccc(O)c1. The van der Waals surface area contributed by atoms with Crippen LogP contribution in [0.1, 0.15) is 57.5 Å². The number of aliphatic hydroxyl groups excluding tert-OH is 2. The normalized spacial score (nSPS) is 19.4. The van der Waals surface area contributed by atoms with Crippen molar-refractivity contribution < 1.29 is 29.6 Å². The maximum absolute atomic E-state index is 12.7. The molecule has 1 aliphatic heterocycles. The van der Waals surface area contributed by atoms with E-state index in [4.69, 9.17) is 9.47 Å². The van der Waals surface area contributed by atoms with Crippen LogP contribution in [0.2, 0.25) is 0 Å². The third kappa shape index (κ3) is 7.61. The summed E-state index contributed by atoms with van der Waals surface area (Å²) in [4.78, 5) is 14.7. The molecule has 8 nitrogen and oxygen atoms in total. The van der Waals surface area contributed by atoms with E-state index < -0.39 is 12.4 Å². The van der Waals surface area contributed by atoms with Gasteiger partial charge in [-0.15, -0.1) is 0 Å². The minimum atomic E-state index is -0.774. The lowest BCUT2D eigenvalue weighted by atomic mass is 9.99. The molecule has 218 valence electrons. The second-order valence-electron chi connectivity index (χ2n) is 10.6. The van der Waals surface area contributed by atoms with E-state index in [0.29, 0.717) is 36.3 Å². The van der Waals surface area contributed by atoms with Crippen LogP contribution in [0, 0.1) is 0 Å². The second-order valence-corrected chi connectivity index (χ2v) is 10.6. The fourth-order valence-corrected chi connectivity index (χ4v) is 5.14. The van der Waals surface area contributed by atoms with Gasteiger partial charge in [-0.3, -0.25) is 4.79 Å². The van der Waals surface area contributed by atoms with Crippen LogP contribution in [0.3, 0.4) is 0 Å². The van der Waals surface area contributed by atoms with Gasteiger partial charge in [0.05, 0.1) is 24.9 Å². The Bertz CT molecular complexity index is 1460. The molecule has 42 heavy (non-hydrogen) atoms. The van der Waals surface area contributed by atoms with Crippen molar-refractivity contribution in [3.63, 3.8) is 0 Å². The highest BCUT2D eigenvalue weighted by molar-refractivity contribution is 6.04. The Morgan fingerprint density at radius 2 is 1.69 bits per heavy atom. The van der Waals surface area contributed by atoms with Gasteiger partial charge >= 0.3 is 0 Å². The molecular formula is C34H36N2O6. The number of nitrogens with zero attached hydrogens (tertiary/aromatic N) is 1. The van der Waals surface area contributed by atoms with E-state index in [1.165, 1.54) is 0 Å². The number of amides is 1. The number of carbonyl (C=O) groups excluding carboxylic acids is 1. The summed E-state index contributed by atoms with van der Waals surface area (Å²) in [7, 11) is 1.92. The lowest BCUT2D eigenvalue weighted by molar-refractivity contribution is -0.252. The zero-order chi connectivity index (χ0) is 29.5. The molecule has 0 spiro atoms. The van der Waals surface area contributed by atoms with Crippen LogP contribution in [-0.2, 0) is 16.1 Å². The van der Waals surface area contributed by atoms with Gasteiger partial charge in [0.15, 0.2) is 6.29 Å². The number of benzene rings is 4. The van der Waals surface area contributed by atoms with Crippen LogP contribution in [0.4, 0.5) is 5.69 Å². The predicted octanol–water partition coefficient (Wildman–Crippen LogP) is 5.35. The molecule has 4 aromatic carbocycles. The van der Waals surface area contributed by atoms with Crippen LogP contribution in [-0.4, -0.2) is 52.4 Å². The number of nitrogens with one attached hydrogen (secondary N) is 1. The molecular weight excluding hydrogens is 532 g/mol. The Morgan fingerprint density at radius 1 is 0.929 bits per heavy atom. The first kappa shape index (κ1) is 29.4. The molecule has 8 heteroatoms. The van der Waals surface area contributed by atoms with Crippen molar-refractivity contribution >= 4 is 11.6 Å². The van der Waals surface area contributed by atoms with Crippen molar-refractivity contribution in [2.45, 2.75) is 37.6 Å². The van der Waals surface area contributed by atoms with Gasteiger partial charge in [-0.1, -0.05) is 66.7 Å². The van der Waals surface area contributed by atoms with Gasteiger partial charge in [-0.2, -0.15) is 0 Å². The molecule has 4 aromatic rings. The maximum Gasteiger partial charge on any atom is 0.255 e. The molecule has 1 aliphatic rings. The van der Waals surface area contributed by atoms with Crippen LogP contribution in [0.25, 0.3) is 0 Å². The minimum Gasteiger partial charge on any atom is -0.508 e. The Morgan fingerprint density at radius 3 is 2.43 bits per heavy atom. The first-order valence-corrected chi connectivity index (χ1v) is 14.0. The second kappa shape index (κ2) is 13.7. The standard InChI is InChI=1S/C34H36N2O6/c1-36(21-31(39)26-9-6-12-29(38)18-26)20-30-19-32(24-15-13-23(22-37)14-16-24)42-34(41-30)27-10-5-11-28(17-27)35-33(40)25-7-3-2-4-8-25/h2-18,30-32,34,37-39H,19-22H2,1H3,(H,35,40)/t30-,31-,32+,34+/m1/s1. The molecule has 0 radical (unpaired) electrons. The highest BCUT2D eigenvalue weighted by atomic mass is 16.7. The summed E-state index contributed by atoms with van der Waals surface area (Å²) in [6, 6.07) is 30.8. The maximum atomic E-state index is 12.7. The number of hydrogen-bond acceptors (Lipinski definition) is 7. The van der Waals surface area contributed by atoms with E-state index in [2.05, 4.69) is 5.32 Å². The van der Waals surface area contributed by atoms with Gasteiger partial charge in [0.2, 0.25) is 0 Å². The summed E-state index contributed by atoms with van der Waals surface area (Å²) in [6.07, 6.45) is -1.37. The number of carbonyl (C=O) groups is 1. The van der Waals surface area contributed by atoms with Gasteiger partial charge in [-0.25, -0.2) is 0 Å². The van der Waals surface area contributed by atoms with E-state index in [0.717, 1.165) is 16.7 Å². The highest BCUT2D eigenvalue weighted by Crippen LogP contribution is 2.38. The average Bonchev–Trinajstić information content (AvgIpc) is 3.01. The lowest BCUT2D eigenvalue weighted by Crippen LogP contribution is -2.39. The molecule has 4 N–H and O–H groups in total. The fourth-order valence-electron chi connectivity index (χ4n) is 5.14. The summed E-state index contributed by atoms with van der Waals surface area (Å²) in [6.45, 7) is 0.852. The topological polar surface area (TPSA) is 111 Å². The van der Waals surface area contributed by atoms with Crippen molar-refractivity contribution in [3.05, 3.63) is 131 Å². The summed E-state index contributed by atoms with van der Waals surface area (Å²) < 4.78 is 12.9. The zero-order valence-electron chi connectivity index (χ0n) is 23.5. The average molecular weight is 569 g/mol. The number of aliphatic hydroxyl groups is 2. The fraction of sp³-hybridized carbons (Fsp3) is 0.265. The number of hydrogen-bond donors (Lipinski definition) is 4. The lowest BCUT2D eigenvalue weighted by Gasteiger charge is -2.38. The quantitative estimate of drug-likeness (QED) is 0.204. The summed E-state index contributed by atoms with van der Waals surface area (Å²) in [5, 5.41) is 33.0. The van der Waals surface area contributed by atoms with Crippen LogP contribution in [0.15, 0.2) is 103 Å². The third-order valence-electron chi connectivity index (χ3n) is 7.32. The van der Waals surface area contributed by atoms with E-state index >= 15 is 0 Å². The third-order valence-corrected chi connectivity index (χ3v) is 7.32. The zero-order valence-corrected chi connectivity index (χ0v) is 23.5. The summed E-state index contributed by atoms with van der Waals surface area (Å²) in [5.41, 5.74) is 4.40. The molecule has 5 rings (SSSR count). The number of phenolic OH excluding ortho intramolecular Hbond substituents is 1. The Labute approximate surface area is 245 Å². The van der Waals surface area contributed by atoms with Crippen LogP contribution >= 0.6 is 0 Å². The van der Waals surface area contributed by atoms with Crippen molar-refractivity contribution in [3.8, 4) is 5.75 Å². The molecule has 0 bridgehead atoms. The van der Waals surface area contributed by atoms with Gasteiger partial charge in [0, 0.05) is 36.3 Å². The number of phenols is 1. The molecule has 1 amide bonds. The molecule has 4 atom stereocenters. The number of ether oxygens (including phenoxy) is 2. The number of likely N-dealkylation sites (N-methyl/N-ethyl adjacent to an activating group) is 1. The molecule has 1 heterocycles. The smallest absolute Gasteiger partial charge is 0.255 e. The van der Waals surface area contributed by atoms with Crippen molar-refractivity contribution in [2.75, 3.05) is 25.5 Å². The van der Waals surface area contributed by atoms with Crippen LogP contribution in [0.5, 0.6) is 5.75 Å². The Kier molecular flexibility index (Phi) is 9.63. The predicted molar refractivity (Wildman–Crippen MR) is 160 cm³/mol. The van der Waals surface area contributed by atoms with Gasteiger partial charge in [-0.05, 0) is 60.1 Å². The Balaban J connectivity index is 1.32. The van der Waals surface area contributed by atoms with E-state index in [9.17, 15) is 20.1 Å². The monoisotopic (exact) mass is 568 g/mol. The van der Waals surface area contributed by atoms with Crippen molar-refractivity contribution in [1.82, 2.24) is 4.90 Å². The van der Waals surface area contributed by atoms with Gasteiger partial charge < -0.3 is 35.0 Å². The first-order valence-electron chi connectivity index (χ1n) is 14.0.